The molecular weight excluding hydrogens is 390 g/mol. The van der Waals surface area contributed by atoms with E-state index in [9.17, 15) is 18.5 Å². The van der Waals surface area contributed by atoms with E-state index in [1.54, 1.807) is 22.9 Å². The minimum Gasteiger partial charge on any atom is -0.397 e. The summed E-state index contributed by atoms with van der Waals surface area (Å²) < 4.78 is 24.7. The summed E-state index contributed by atoms with van der Waals surface area (Å²) in [6, 6.07) is 17.1. The van der Waals surface area contributed by atoms with Crippen molar-refractivity contribution in [2.45, 2.75) is 4.90 Å². The number of nitrogens with zero attached hydrogens (tertiary/aromatic N) is 2. The van der Waals surface area contributed by atoms with E-state index in [1.807, 2.05) is 36.4 Å². The van der Waals surface area contributed by atoms with E-state index in [-0.39, 0.29) is 16.1 Å². The van der Waals surface area contributed by atoms with Gasteiger partial charge in [0, 0.05) is 22.8 Å². The molecule has 0 aliphatic rings. The molecule has 0 saturated carbocycles. The Morgan fingerprint density at radius 2 is 1.69 bits per heavy atom. The Balaban J connectivity index is 2.06. The van der Waals surface area contributed by atoms with Crippen molar-refractivity contribution in [3.05, 3.63) is 76.7 Å². The number of rotatable bonds is 3. The maximum Gasteiger partial charge on any atom is 0.269 e. The molecule has 29 heavy (non-hydrogen) atoms. The number of nitriles is 1. The number of pyridine rings is 1. The van der Waals surface area contributed by atoms with Crippen LogP contribution >= 0.6 is 0 Å². The van der Waals surface area contributed by atoms with Crippen LogP contribution in [0, 0.1) is 11.3 Å². The van der Waals surface area contributed by atoms with Crippen LogP contribution in [0.15, 0.2) is 70.5 Å². The van der Waals surface area contributed by atoms with Crippen LogP contribution < -0.4 is 16.4 Å². The number of nitrogen functional groups attached to an aromatic ring is 1. The molecule has 0 atom stereocenters. The number of nitrogens with two attached hydrogens (primary N) is 2. The SMILES string of the molecule is N#Cc1c(N)c2c(-c3ccccc3)cn(-c3ccc(S(N)(=O)=O)cc3)c2[nH]c1=O. The molecular formula is C20H15N5O3S. The monoisotopic (exact) mass is 405 g/mol. The number of hydrogen-bond acceptors (Lipinski definition) is 5. The van der Waals surface area contributed by atoms with Gasteiger partial charge in [-0.3, -0.25) is 4.79 Å². The van der Waals surface area contributed by atoms with Crippen molar-refractivity contribution in [1.82, 2.24) is 9.55 Å². The van der Waals surface area contributed by atoms with Crippen LogP contribution in [0.2, 0.25) is 0 Å². The highest BCUT2D eigenvalue weighted by atomic mass is 32.2. The van der Waals surface area contributed by atoms with Gasteiger partial charge >= 0.3 is 0 Å². The summed E-state index contributed by atoms with van der Waals surface area (Å²) >= 11 is 0. The lowest BCUT2D eigenvalue weighted by molar-refractivity contribution is 0.598. The van der Waals surface area contributed by atoms with Gasteiger partial charge in [0.1, 0.15) is 17.3 Å². The molecule has 144 valence electrons. The summed E-state index contributed by atoms with van der Waals surface area (Å²) in [5.74, 6) is 0. The van der Waals surface area contributed by atoms with Gasteiger partial charge in [0.25, 0.3) is 5.56 Å². The summed E-state index contributed by atoms with van der Waals surface area (Å²) in [7, 11) is -3.83. The number of anilines is 1. The zero-order chi connectivity index (χ0) is 20.8. The van der Waals surface area contributed by atoms with Crippen molar-refractivity contribution >= 4 is 26.7 Å². The van der Waals surface area contributed by atoms with E-state index in [0.29, 0.717) is 16.7 Å². The Hall–Kier alpha value is -3.87. The highest BCUT2D eigenvalue weighted by Crippen LogP contribution is 2.35. The largest absolute Gasteiger partial charge is 0.397 e. The Morgan fingerprint density at radius 1 is 1.03 bits per heavy atom. The predicted molar refractivity (Wildman–Crippen MR) is 110 cm³/mol. The molecule has 0 aliphatic heterocycles. The second kappa shape index (κ2) is 6.63. The first-order valence-corrected chi connectivity index (χ1v) is 10.0. The molecule has 2 aromatic heterocycles. The third kappa shape index (κ3) is 3.06. The fourth-order valence-electron chi connectivity index (χ4n) is 3.27. The number of nitrogens with one attached hydrogen (secondary N) is 1. The third-order valence-electron chi connectivity index (χ3n) is 4.64. The van der Waals surface area contributed by atoms with E-state index in [0.717, 1.165) is 11.1 Å². The second-order valence-electron chi connectivity index (χ2n) is 6.40. The number of aromatic amines is 1. The van der Waals surface area contributed by atoms with Crippen molar-refractivity contribution in [2.75, 3.05) is 5.73 Å². The van der Waals surface area contributed by atoms with Crippen LogP contribution in [-0.4, -0.2) is 18.0 Å². The van der Waals surface area contributed by atoms with Gasteiger partial charge in [0.05, 0.1) is 10.6 Å². The standard InChI is InChI=1S/C20H15N5O3S/c21-10-15-18(22)17-16(12-4-2-1-3-5-12)11-25(19(17)24-20(15)26)13-6-8-14(9-7-13)29(23,27)28/h1-9,11H,(H3,22,24,26)(H2,23,27,28). The normalized spacial score (nSPS) is 11.4. The minimum absolute atomic E-state index is 0.0271. The number of primary sulfonamides is 1. The summed E-state index contributed by atoms with van der Waals surface area (Å²) in [4.78, 5) is 15.0. The zero-order valence-corrected chi connectivity index (χ0v) is 15.8. The maximum absolute atomic E-state index is 12.3. The summed E-state index contributed by atoms with van der Waals surface area (Å²) in [6.45, 7) is 0. The van der Waals surface area contributed by atoms with Gasteiger partial charge in [0.15, 0.2) is 0 Å². The number of fused-ring (bicyclic) bond motifs is 1. The van der Waals surface area contributed by atoms with E-state index < -0.39 is 15.6 Å². The van der Waals surface area contributed by atoms with Crippen LogP contribution in [-0.2, 0) is 10.0 Å². The lowest BCUT2D eigenvalue weighted by Crippen LogP contribution is -2.14. The van der Waals surface area contributed by atoms with Crippen molar-refractivity contribution in [3.8, 4) is 22.9 Å². The number of aromatic nitrogens is 2. The molecule has 0 spiro atoms. The van der Waals surface area contributed by atoms with Crippen LogP contribution in [0.4, 0.5) is 5.69 Å². The topological polar surface area (TPSA) is 148 Å². The smallest absolute Gasteiger partial charge is 0.269 e. The van der Waals surface area contributed by atoms with Crippen molar-refractivity contribution < 1.29 is 8.42 Å². The molecule has 4 rings (SSSR count). The average molecular weight is 405 g/mol. The van der Waals surface area contributed by atoms with E-state index in [4.69, 9.17) is 10.9 Å². The molecule has 0 amide bonds. The van der Waals surface area contributed by atoms with E-state index in [2.05, 4.69) is 4.98 Å². The van der Waals surface area contributed by atoms with Crippen molar-refractivity contribution in [3.63, 3.8) is 0 Å². The molecule has 0 saturated heterocycles. The lowest BCUT2D eigenvalue weighted by atomic mass is 10.0. The lowest BCUT2D eigenvalue weighted by Gasteiger charge is -2.07. The zero-order valence-electron chi connectivity index (χ0n) is 15.0. The second-order valence-corrected chi connectivity index (χ2v) is 7.96. The predicted octanol–water partition coefficient (Wildman–Crippen LogP) is 2.09. The number of benzene rings is 2. The van der Waals surface area contributed by atoms with Crippen LogP contribution in [0.3, 0.4) is 0 Å². The summed E-state index contributed by atoms with van der Waals surface area (Å²) in [5, 5.41) is 15.0. The van der Waals surface area contributed by atoms with Gasteiger partial charge in [-0.25, -0.2) is 13.6 Å². The number of hydrogen-bond donors (Lipinski definition) is 3. The highest BCUT2D eigenvalue weighted by molar-refractivity contribution is 7.89. The molecule has 2 heterocycles. The van der Waals surface area contributed by atoms with Gasteiger partial charge in [-0.1, -0.05) is 30.3 Å². The summed E-state index contributed by atoms with van der Waals surface area (Å²) in [6.07, 6.45) is 1.78. The molecule has 4 aromatic rings. The third-order valence-corrected chi connectivity index (χ3v) is 5.57. The Labute approximate surface area is 165 Å². The van der Waals surface area contributed by atoms with Gasteiger partial charge in [0.2, 0.25) is 10.0 Å². The minimum atomic E-state index is -3.83. The first kappa shape index (κ1) is 18.5. The molecule has 0 aliphatic carbocycles. The Morgan fingerprint density at radius 3 is 2.28 bits per heavy atom. The Bertz CT molecular complexity index is 1440. The molecule has 0 fully saturated rings. The first-order valence-electron chi connectivity index (χ1n) is 8.47. The van der Waals surface area contributed by atoms with Crippen LogP contribution in [0.25, 0.3) is 27.8 Å². The molecule has 9 heteroatoms. The highest BCUT2D eigenvalue weighted by Gasteiger charge is 2.19. The molecule has 5 N–H and O–H groups in total. The first-order chi connectivity index (χ1) is 13.8. The average Bonchev–Trinajstić information content (AvgIpc) is 3.08. The van der Waals surface area contributed by atoms with Crippen LogP contribution in [0.1, 0.15) is 5.56 Å². The van der Waals surface area contributed by atoms with Gasteiger partial charge in [-0.15, -0.1) is 0 Å². The van der Waals surface area contributed by atoms with Gasteiger partial charge in [-0.2, -0.15) is 5.26 Å². The van der Waals surface area contributed by atoms with E-state index >= 15 is 0 Å². The van der Waals surface area contributed by atoms with Gasteiger partial charge in [-0.05, 0) is 29.8 Å². The quantitative estimate of drug-likeness (QED) is 0.477. The molecule has 0 bridgehead atoms. The fraction of sp³-hybridized carbons (Fsp3) is 0. The molecule has 2 aromatic carbocycles. The number of H-pyrrole nitrogens is 1. The van der Waals surface area contributed by atoms with Crippen molar-refractivity contribution in [2.24, 2.45) is 5.14 Å². The van der Waals surface area contributed by atoms with Crippen molar-refractivity contribution in [1.29, 1.82) is 5.26 Å². The van der Waals surface area contributed by atoms with E-state index in [1.165, 1.54) is 12.1 Å². The fourth-order valence-corrected chi connectivity index (χ4v) is 3.78. The molecule has 0 radical (unpaired) electrons. The summed E-state index contributed by atoms with van der Waals surface area (Å²) in [5.41, 5.74) is 8.08. The molecule has 8 nitrogen and oxygen atoms in total. The van der Waals surface area contributed by atoms with Gasteiger partial charge < -0.3 is 15.3 Å². The Kier molecular flexibility index (Phi) is 4.23. The van der Waals surface area contributed by atoms with Crippen LogP contribution in [0.5, 0.6) is 0 Å². The maximum atomic E-state index is 12.3. The molecule has 0 unspecified atom stereocenters. The number of sulfonamides is 1.